The molecule has 3 nitrogen and oxygen atoms in total. The van der Waals surface area contributed by atoms with Gasteiger partial charge in [0.15, 0.2) is 0 Å². The Kier molecular flexibility index (Phi) is 7.91. The van der Waals surface area contributed by atoms with Crippen LogP contribution < -0.4 is 0 Å². The molecule has 3 saturated carbocycles. The third-order valence-electron chi connectivity index (χ3n) is 12.3. The zero-order valence-electron chi connectivity index (χ0n) is 24.5. The number of allylic oxidation sites excluding steroid dienone is 1. The highest BCUT2D eigenvalue weighted by Gasteiger charge is 2.62. The molecule has 0 spiro atoms. The lowest BCUT2D eigenvalue weighted by Gasteiger charge is -2.61. The van der Waals surface area contributed by atoms with Crippen LogP contribution in [0.25, 0.3) is 0 Å². The lowest BCUT2D eigenvalue weighted by atomic mass is 9.43. The third-order valence-corrected chi connectivity index (χ3v) is 12.3. The minimum Gasteiger partial charge on any atom is -0.481 e. The van der Waals surface area contributed by atoms with E-state index in [1.807, 2.05) is 30.3 Å². The van der Waals surface area contributed by atoms with Crippen molar-refractivity contribution in [1.82, 2.24) is 0 Å². The van der Waals surface area contributed by atoms with Gasteiger partial charge in [-0.3, -0.25) is 4.79 Å². The zero-order chi connectivity index (χ0) is 27.2. The van der Waals surface area contributed by atoms with Gasteiger partial charge in [0.1, 0.15) is 0 Å². The molecule has 210 valence electrons. The van der Waals surface area contributed by atoms with E-state index in [1.165, 1.54) is 50.5 Å². The van der Waals surface area contributed by atoms with E-state index in [1.54, 1.807) is 0 Å². The van der Waals surface area contributed by atoms with E-state index in [4.69, 9.17) is 0 Å². The summed E-state index contributed by atoms with van der Waals surface area (Å²) < 4.78 is 0. The van der Waals surface area contributed by atoms with Gasteiger partial charge in [0.05, 0.1) is 12.0 Å². The first kappa shape index (κ1) is 27.9. The summed E-state index contributed by atoms with van der Waals surface area (Å²) in [6.45, 7) is 12.2. The number of fused-ring (bicyclic) bond motifs is 5. The minimum absolute atomic E-state index is 0.0817. The van der Waals surface area contributed by atoms with Crippen molar-refractivity contribution >= 4 is 5.97 Å². The predicted octanol–water partition coefficient (Wildman–Crippen LogP) is 8.48. The van der Waals surface area contributed by atoms with Gasteiger partial charge in [0.25, 0.3) is 0 Å². The van der Waals surface area contributed by atoms with Crippen LogP contribution in [0.3, 0.4) is 0 Å². The van der Waals surface area contributed by atoms with Crippen molar-refractivity contribution in [1.29, 1.82) is 0 Å². The highest BCUT2D eigenvalue weighted by Crippen LogP contribution is 2.69. The molecule has 0 amide bonds. The van der Waals surface area contributed by atoms with Crippen LogP contribution in [0.1, 0.15) is 110 Å². The highest BCUT2D eigenvalue weighted by molar-refractivity contribution is 5.77. The maximum absolute atomic E-state index is 12.9. The van der Waals surface area contributed by atoms with Crippen molar-refractivity contribution in [3.63, 3.8) is 0 Å². The largest absolute Gasteiger partial charge is 0.481 e. The molecule has 1 aromatic rings. The number of aliphatic carboxylic acids is 1. The average molecular weight is 521 g/mol. The van der Waals surface area contributed by atoms with Crippen LogP contribution in [-0.2, 0) is 4.79 Å². The van der Waals surface area contributed by atoms with Crippen molar-refractivity contribution < 1.29 is 15.0 Å². The van der Waals surface area contributed by atoms with E-state index >= 15 is 0 Å². The monoisotopic (exact) mass is 520 g/mol. The Labute approximate surface area is 231 Å². The second-order valence-corrected chi connectivity index (χ2v) is 14.6. The number of carboxylic acids is 1. The summed E-state index contributed by atoms with van der Waals surface area (Å²) in [5, 5.41) is 21.5. The van der Waals surface area contributed by atoms with Crippen LogP contribution in [0, 0.1) is 52.3 Å². The molecular formula is C35H52O3. The molecule has 4 aliphatic carbocycles. The van der Waals surface area contributed by atoms with Gasteiger partial charge in [-0.1, -0.05) is 95.9 Å². The first-order valence-corrected chi connectivity index (χ1v) is 15.7. The normalized spacial score (nSPS) is 40.0. The van der Waals surface area contributed by atoms with Crippen LogP contribution in [0.2, 0.25) is 0 Å². The fraction of sp³-hybridized carbons (Fsp3) is 0.743. The summed E-state index contributed by atoms with van der Waals surface area (Å²) in [6.07, 6.45) is 13.7. The molecular weight excluding hydrogens is 468 g/mol. The molecule has 1 aromatic carbocycles. The smallest absolute Gasteiger partial charge is 0.311 e. The van der Waals surface area contributed by atoms with Gasteiger partial charge in [-0.25, -0.2) is 0 Å². The zero-order valence-corrected chi connectivity index (χ0v) is 24.5. The molecule has 2 unspecified atom stereocenters. The molecule has 2 N–H and O–H groups in total. The van der Waals surface area contributed by atoms with Crippen molar-refractivity contribution in [2.75, 3.05) is 0 Å². The lowest BCUT2D eigenvalue weighted by molar-refractivity contribution is -0.145. The Bertz CT molecular complexity index is 1010. The molecule has 0 heterocycles. The minimum atomic E-state index is -0.741. The summed E-state index contributed by atoms with van der Waals surface area (Å²) in [4.78, 5) is 12.9. The van der Waals surface area contributed by atoms with Crippen LogP contribution in [0.15, 0.2) is 42.0 Å². The molecule has 3 heteroatoms. The number of benzene rings is 1. The molecule has 10 atom stereocenters. The Morgan fingerprint density at radius 3 is 2.42 bits per heavy atom. The molecule has 3 fully saturated rings. The number of carboxylic acid groups (broad SMARTS) is 1. The number of aliphatic hydroxyl groups excluding tert-OH is 1. The Morgan fingerprint density at radius 1 is 1.00 bits per heavy atom. The van der Waals surface area contributed by atoms with Crippen LogP contribution in [0.4, 0.5) is 0 Å². The molecule has 0 radical (unpaired) electrons. The molecule has 5 rings (SSSR count). The fourth-order valence-electron chi connectivity index (χ4n) is 10.5. The molecule has 38 heavy (non-hydrogen) atoms. The standard InChI is InChI=1S/C35H52O3/c1-22(2)10-9-11-23(3)28-16-17-29-27-15-14-25-20-26(36)21-31(32(33(37)38)24-12-7-6-8-13-24)35(25,5)30(27)18-19-34(28,29)4/h6-8,12-14,22-23,26-32,36H,9-11,15-21H2,1-5H3,(H,37,38)/t23-,26-,27+,28-,29+,30+,31?,32?,34-,35+/m1/s1. The van der Waals surface area contributed by atoms with Gasteiger partial charge in [0, 0.05) is 0 Å². The quantitative estimate of drug-likeness (QED) is 0.338. The second kappa shape index (κ2) is 10.8. The number of hydrogen-bond acceptors (Lipinski definition) is 2. The summed E-state index contributed by atoms with van der Waals surface area (Å²) in [6, 6.07) is 9.84. The van der Waals surface area contributed by atoms with Crippen molar-refractivity contribution in [2.45, 2.75) is 111 Å². The molecule has 0 aliphatic heterocycles. The first-order chi connectivity index (χ1) is 18.1. The number of carbonyl (C=O) groups is 1. The van der Waals surface area contributed by atoms with Crippen LogP contribution >= 0.6 is 0 Å². The van der Waals surface area contributed by atoms with E-state index in [-0.39, 0.29) is 11.3 Å². The summed E-state index contributed by atoms with van der Waals surface area (Å²) in [5.74, 6) is 2.88. The molecule has 0 bridgehead atoms. The Hall–Kier alpha value is -1.61. The van der Waals surface area contributed by atoms with Gasteiger partial charge >= 0.3 is 5.97 Å². The van der Waals surface area contributed by atoms with E-state index in [9.17, 15) is 15.0 Å². The molecule has 0 aromatic heterocycles. The maximum Gasteiger partial charge on any atom is 0.311 e. The van der Waals surface area contributed by atoms with E-state index < -0.39 is 18.0 Å². The Morgan fingerprint density at radius 2 is 1.74 bits per heavy atom. The Balaban J connectivity index is 1.44. The van der Waals surface area contributed by atoms with Crippen molar-refractivity contribution in [3.8, 4) is 0 Å². The second-order valence-electron chi connectivity index (χ2n) is 14.6. The average Bonchev–Trinajstić information content (AvgIpc) is 3.22. The van der Waals surface area contributed by atoms with Gasteiger partial charge < -0.3 is 10.2 Å². The van der Waals surface area contributed by atoms with Crippen LogP contribution in [0.5, 0.6) is 0 Å². The van der Waals surface area contributed by atoms with Gasteiger partial charge in [0.2, 0.25) is 0 Å². The fourth-order valence-corrected chi connectivity index (χ4v) is 10.5. The third kappa shape index (κ3) is 4.69. The lowest BCUT2D eigenvalue weighted by Crippen LogP contribution is -2.55. The van der Waals surface area contributed by atoms with E-state index in [2.05, 4.69) is 40.7 Å². The first-order valence-electron chi connectivity index (χ1n) is 15.7. The topological polar surface area (TPSA) is 57.5 Å². The van der Waals surface area contributed by atoms with Gasteiger partial charge in [-0.15, -0.1) is 0 Å². The van der Waals surface area contributed by atoms with Crippen molar-refractivity contribution in [2.24, 2.45) is 52.3 Å². The maximum atomic E-state index is 12.9. The van der Waals surface area contributed by atoms with E-state index in [0.717, 1.165) is 42.1 Å². The van der Waals surface area contributed by atoms with Gasteiger partial charge in [-0.2, -0.15) is 0 Å². The molecule has 0 saturated heterocycles. The number of aliphatic hydroxyl groups is 1. The van der Waals surface area contributed by atoms with Gasteiger partial charge in [-0.05, 0) is 103 Å². The SMILES string of the molecule is CC(C)CCC[C@@H](C)[C@H]1CC[C@H]2[C@@H]3CC=C4C[C@@H](O)CC(C(C(=O)O)c5ccccc5)[C@]4(C)[C@H]3CC[C@]12C. The number of rotatable bonds is 8. The summed E-state index contributed by atoms with van der Waals surface area (Å²) in [5.41, 5.74) is 2.49. The van der Waals surface area contributed by atoms with Crippen LogP contribution in [-0.4, -0.2) is 22.3 Å². The highest BCUT2D eigenvalue weighted by atomic mass is 16.4. The summed E-state index contributed by atoms with van der Waals surface area (Å²) >= 11 is 0. The summed E-state index contributed by atoms with van der Waals surface area (Å²) in [7, 11) is 0. The molecule has 4 aliphatic rings. The van der Waals surface area contributed by atoms with E-state index in [0.29, 0.717) is 23.7 Å². The van der Waals surface area contributed by atoms with Crippen molar-refractivity contribution in [3.05, 3.63) is 47.5 Å². The predicted molar refractivity (Wildman–Crippen MR) is 155 cm³/mol. The number of hydrogen-bond donors (Lipinski definition) is 2.